The fourth-order valence-electron chi connectivity index (χ4n) is 4.23. The van der Waals surface area contributed by atoms with E-state index in [1.165, 1.54) is 12.1 Å². The Hall–Kier alpha value is -3.29. The van der Waals surface area contributed by atoms with E-state index >= 15 is 0 Å². The van der Waals surface area contributed by atoms with E-state index in [1.54, 1.807) is 29.2 Å². The van der Waals surface area contributed by atoms with Gasteiger partial charge in [-0.25, -0.2) is 4.39 Å². The SMILES string of the molecule is O=C(Nc1cc(F)cc(N2CCCC2)c1)C1CC(=O)N(c2ccc3c(c2)OCO3)C1. The number of ether oxygens (including phenoxy) is 2. The van der Waals surface area contributed by atoms with Crippen molar-refractivity contribution in [2.45, 2.75) is 19.3 Å². The Kier molecular flexibility index (Phi) is 4.69. The molecule has 0 aliphatic carbocycles. The topological polar surface area (TPSA) is 71.1 Å². The monoisotopic (exact) mass is 411 g/mol. The Labute approximate surface area is 173 Å². The first kappa shape index (κ1) is 18.7. The molecule has 156 valence electrons. The Morgan fingerprint density at radius 2 is 1.83 bits per heavy atom. The quantitative estimate of drug-likeness (QED) is 0.837. The molecule has 0 aromatic heterocycles. The van der Waals surface area contributed by atoms with Gasteiger partial charge in [-0.3, -0.25) is 9.59 Å². The molecule has 3 aliphatic rings. The molecule has 2 fully saturated rings. The van der Waals surface area contributed by atoms with Crippen LogP contribution < -0.4 is 24.6 Å². The summed E-state index contributed by atoms with van der Waals surface area (Å²) in [6.45, 7) is 2.19. The zero-order valence-electron chi connectivity index (χ0n) is 16.4. The van der Waals surface area contributed by atoms with Gasteiger partial charge in [0, 0.05) is 49.2 Å². The summed E-state index contributed by atoms with van der Waals surface area (Å²) in [5, 5.41) is 2.79. The number of carbonyl (C=O) groups is 2. The van der Waals surface area contributed by atoms with Gasteiger partial charge in [0.05, 0.1) is 5.92 Å². The summed E-state index contributed by atoms with van der Waals surface area (Å²) in [4.78, 5) is 29.0. The smallest absolute Gasteiger partial charge is 0.231 e. The van der Waals surface area contributed by atoms with Crippen LogP contribution in [0.1, 0.15) is 19.3 Å². The standard InChI is InChI=1S/C22H22FN3O4/c23-15-8-16(10-18(9-15)25-5-1-2-6-25)24-22(28)14-7-21(27)26(12-14)17-3-4-19-20(11-17)30-13-29-19/h3-4,8-11,14H,1-2,5-7,12-13H2,(H,24,28). The number of amides is 2. The predicted molar refractivity (Wildman–Crippen MR) is 110 cm³/mol. The third-order valence-corrected chi connectivity index (χ3v) is 5.78. The van der Waals surface area contributed by atoms with Crippen molar-refractivity contribution < 1.29 is 23.5 Å². The number of benzene rings is 2. The molecule has 2 aromatic carbocycles. The van der Waals surface area contributed by atoms with Gasteiger partial charge in [-0.15, -0.1) is 0 Å². The first-order chi connectivity index (χ1) is 14.6. The van der Waals surface area contributed by atoms with Gasteiger partial charge in [-0.2, -0.15) is 0 Å². The van der Waals surface area contributed by atoms with Crippen LogP contribution >= 0.6 is 0 Å². The number of nitrogens with one attached hydrogen (secondary N) is 1. The summed E-state index contributed by atoms with van der Waals surface area (Å²) in [6, 6.07) is 9.87. The van der Waals surface area contributed by atoms with Crippen LogP contribution in [0, 0.1) is 11.7 Å². The summed E-state index contributed by atoms with van der Waals surface area (Å²) in [6.07, 6.45) is 2.27. The minimum atomic E-state index is -0.513. The molecule has 1 unspecified atom stereocenters. The van der Waals surface area contributed by atoms with Crippen molar-refractivity contribution in [2.24, 2.45) is 5.92 Å². The molecular formula is C22H22FN3O4. The number of hydrogen-bond acceptors (Lipinski definition) is 5. The Balaban J connectivity index is 1.29. The fraction of sp³-hybridized carbons (Fsp3) is 0.364. The Morgan fingerprint density at radius 3 is 2.67 bits per heavy atom. The Bertz CT molecular complexity index is 1010. The van der Waals surface area contributed by atoms with Crippen molar-refractivity contribution in [1.29, 1.82) is 0 Å². The summed E-state index contributed by atoms with van der Waals surface area (Å²) >= 11 is 0. The van der Waals surface area contributed by atoms with E-state index < -0.39 is 5.92 Å². The van der Waals surface area contributed by atoms with Crippen molar-refractivity contribution in [1.82, 2.24) is 0 Å². The number of hydrogen-bond donors (Lipinski definition) is 1. The molecule has 2 aromatic rings. The summed E-state index contributed by atoms with van der Waals surface area (Å²) < 4.78 is 24.8. The van der Waals surface area contributed by atoms with Crippen LogP contribution in [0.2, 0.25) is 0 Å². The molecule has 7 nitrogen and oxygen atoms in total. The second kappa shape index (κ2) is 7.51. The lowest BCUT2D eigenvalue weighted by molar-refractivity contribution is -0.122. The van der Waals surface area contributed by atoms with Crippen LogP contribution in [0.3, 0.4) is 0 Å². The van der Waals surface area contributed by atoms with Crippen molar-refractivity contribution >= 4 is 28.9 Å². The van der Waals surface area contributed by atoms with E-state index in [2.05, 4.69) is 10.2 Å². The zero-order chi connectivity index (χ0) is 20.7. The van der Waals surface area contributed by atoms with Gasteiger partial charge >= 0.3 is 0 Å². The molecule has 0 saturated carbocycles. The summed E-state index contributed by atoms with van der Waals surface area (Å²) in [7, 11) is 0. The molecule has 2 amide bonds. The first-order valence-corrected chi connectivity index (χ1v) is 10.1. The van der Waals surface area contributed by atoms with Gasteiger partial charge in [0.15, 0.2) is 11.5 Å². The van der Waals surface area contributed by atoms with E-state index in [1.807, 2.05) is 0 Å². The van der Waals surface area contributed by atoms with Gasteiger partial charge in [-0.05, 0) is 43.2 Å². The first-order valence-electron chi connectivity index (χ1n) is 10.1. The molecule has 0 bridgehead atoms. The highest BCUT2D eigenvalue weighted by Gasteiger charge is 2.36. The number of fused-ring (bicyclic) bond motifs is 1. The number of nitrogens with zero attached hydrogens (tertiary/aromatic N) is 2. The minimum absolute atomic E-state index is 0.106. The van der Waals surface area contributed by atoms with Crippen molar-refractivity contribution in [2.75, 3.05) is 41.5 Å². The van der Waals surface area contributed by atoms with Crippen LogP contribution in [-0.2, 0) is 9.59 Å². The molecule has 1 N–H and O–H groups in total. The van der Waals surface area contributed by atoms with E-state index in [9.17, 15) is 14.0 Å². The maximum atomic E-state index is 14.1. The van der Waals surface area contributed by atoms with Gasteiger partial charge in [0.25, 0.3) is 0 Å². The maximum Gasteiger partial charge on any atom is 0.231 e. The highest BCUT2D eigenvalue weighted by atomic mass is 19.1. The molecule has 5 rings (SSSR count). The van der Waals surface area contributed by atoms with Crippen molar-refractivity contribution in [3.63, 3.8) is 0 Å². The fourth-order valence-corrected chi connectivity index (χ4v) is 4.23. The highest BCUT2D eigenvalue weighted by molar-refractivity contribution is 6.03. The van der Waals surface area contributed by atoms with Crippen LogP contribution in [0.5, 0.6) is 11.5 Å². The third kappa shape index (κ3) is 3.53. The molecule has 2 saturated heterocycles. The van der Waals surface area contributed by atoms with Crippen LogP contribution in [-0.4, -0.2) is 38.2 Å². The molecule has 1 atom stereocenters. The lowest BCUT2D eigenvalue weighted by Gasteiger charge is -2.19. The third-order valence-electron chi connectivity index (χ3n) is 5.78. The number of anilines is 3. The van der Waals surface area contributed by atoms with Crippen LogP contribution in [0.15, 0.2) is 36.4 Å². The molecule has 0 spiro atoms. The molecule has 3 aliphatic heterocycles. The lowest BCUT2D eigenvalue weighted by atomic mass is 10.1. The summed E-state index contributed by atoms with van der Waals surface area (Å²) in [5.74, 6) is -0.0989. The molecule has 30 heavy (non-hydrogen) atoms. The van der Waals surface area contributed by atoms with Crippen LogP contribution in [0.4, 0.5) is 21.5 Å². The Morgan fingerprint density at radius 1 is 1.03 bits per heavy atom. The number of halogens is 1. The second-order valence-electron chi connectivity index (χ2n) is 7.82. The average Bonchev–Trinajstić information content (AvgIpc) is 3.47. The molecular weight excluding hydrogens is 389 g/mol. The normalized spacial score (nSPS) is 20.2. The van der Waals surface area contributed by atoms with Crippen molar-refractivity contribution in [3.05, 3.63) is 42.2 Å². The maximum absolute atomic E-state index is 14.1. The zero-order valence-corrected chi connectivity index (χ0v) is 16.4. The van der Waals surface area contributed by atoms with Crippen molar-refractivity contribution in [3.8, 4) is 11.5 Å². The van der Waals surface area contributed by atoms with E-state index in [-0.39, 0.29) is 37.4 Å². The number of carbonyl (C=O) groups excluding carboxylic acids is 2. The van der Waals surface area contributed by atoms with E-state index in [0.29, 0.717) is 22.9 Å². The van der Waals surface area contributed by atoms with Crippen LogP contribution in [0.25, 0.3) is 0 Å². The van der Waals surface area contributed by atoms with E-state index in [0.717, 1.165) is 31.6 Å². The predicted octanol–water partition coefficient (Wildman–Crippen LogP) is 3.15. The van der Waals surface area contributed by atoms with Gasteiger partial charge in [-0.1, -0.05) is 0 Å². The largest absolute Gasteiger partial charge is 0.454 e. The molecule has 3 heterocycles. The number of rotatable bonds is 4. The van der Waals surface area contributed by atoms with Gasteiger partial charge < -0.3 is 24.6 Å². The van der Waals surface area contributed by atoms with E-state index in [4.69, 9.17) is 9.47 Å². The highest BCUT2D eigenvalue weighted by Crippen LogP contribution is 2.37. The van der Waals surface area contributed by atoms with Gasteiger partial charge in [0.2, 0.25) is 18.6 Å². The summed E-state index contributed by atoms with van der Waals surface area (Å²) in [5.41, 5.74) is 1.85. The molecule has 8 heteroatoms. The molecule has 0 radical (unpaired) electrons. The average molecular weight is 411 g/mol. The minimum Gasteiger partial charge on any atom is -0.454 e. The second-order valence-corrected chi connectivity index (χ2v) is 7.82. The lowest BCUT2D eigenvalue weighted by Crippen LogP contribution is -2.28. The van der Waals surface area contributed by atoms with Gasteiger partial charge in [0.1, 0.15) is 5.82 Å².